The highest BCUT2D eigenvalue weighted by atomic mass is 19.1. The number of carbonyl (C=O) groups excluding carboxylic acids is 1. The van der Waals surface area contributed by atoms with E-state index in [1.54, 1.807) is 0 Å². The largest absolute Gasteiger partial charge is 0.479 e. The third kappa shape index (κ3) is 2.58. The van der Waals surface area contributed by atoms with Crippen LogP contribution in [0.25, 0.3) is 0 Å². The van der Waals surface area contributed by atoms with Crippen molar-refractivity contribution in [3.05, 3.63) is 35.1 Å². The Morgan fingerprint density at radius 3 is 2.74 bits per heavy atom. The molecule has 1 amide bonds. The summed E-state index contributed by atoms with van der Waals surface area (Å²) in [5.74, 6) is -2.08. The molecule has 1 aromatic rings. The molecule has 19 heavy (non-hydrogen) atoms. The molecule has 5 nitrogen and oxygen atoms in total. The van der Waals surface area contributed by atoms with Crippen LogP contribution in [0.5, 0.6) is 0 Å². The molecule has 0 radical (unpaired) electrons. The lowest BCUT2D eigenvalue weighted by atomic mass is 9.98. The van der Waals surface area contributed by atoms with Crippen LogP contribution in [-0.2, 0) is 9.53 Å². The molecule has 1 fully saturated rings. The summed E-state index contributed by atoms with van der Waals surface area (Å²) < 4.78 is 18.2. The summed E-state index contributed by atoms with van der Waals surface area (Å²) in [6.07, 6.45) is 0.217. The molecule has 2 N–H and O–H groups in total. The lowest BCUT2D eigenvalue weighted by Gasteiger charge is -2.23. The number of nitrogens with one attached hydrogen (secondary N) is 1. The van der Waals surface area contributed by atoms with E-state index >= 15 is 0 Å². The van der Waals surface area contributed by atoms with Gasteiger partial charge in [-0.3, -0.25) is 4.79 Å². The van der Waals surface area contributed by atoms with Gasteiger partial charge in [-0.2, -0.15) is 0 Å². The van der Waals surface area contributed by atoms with Crippen molar-refractivity contribution in [3.8, 4) is 0 Å². The molecule has 0 aromatic heterocycles. The number of benzene rings is 1. The molecule has 1 unspecified atom stereocenters. The number of amides is 1. The van der Waals surface area contributed by atoms with E-state index in [0.29, 0.717) is 5.56 Å². The van der Waals surface area contributed by atoms with Gasteiger partial charge in [-0.25, -0.2) is 9.18 Å². The molecule has 102 valence electrons. The zero-order chi connectivity index (χ0) is 14.0. The summed E-state index contributed by atoms with van der Waals surface area (Å²) >= 11 is 0. The van der Waals surface area contributed by atoms with Crippen LogP contribution < -0.4 is 5.32 Å². The molecule has 0 saturated carbocycles. The van der Waals surface area contributed by atoms with Gasteiger partial charge in [0.2, 0.25) is 0 Å². The highest BCUT2D eigenvalue weighted by Crippen LogP contribution is 2.20. The van der Waals surface area contributed by atoms with Crippen molar-refractivity contribution in [2.24, 2.45) is 0 Å². The Balaban J connectivity index is 2.20. The zero-order valence-corrected chi connectivity index (χ0v) is 10.4. The van der Waals surface area contributed by atoms with Gasteiger partial charge in [0.25, 0.3) is 5.91 Å². The number of hydrogen-bond donors (Lipinski definition) is 2. The number of hydrogen-bond acceptors (Lipinski definition) is 3. The maximum Gasteiger partial charge on any atom is 0.331 e. The SMILES string of the molecule is Cc1cc(C(=O)NC2(C(=O)O)CCOC2)ccc1F. The topological polar surface area (TPSA) is 75.6 Å². The van der Waals surface area contributed by atoms with Gasteiger partial charge < -0.3 is 15.2 Å². The second kappa shape index (κ2) is 4.97. The summed E-state index contributed by atoms with van der Waals surface area (Å²) in [6.45, 7) is 1.76. The molecule has 1 heterocycles. The second-order valence-electron chi connectivity index (χ2n) is 4.61. The standard InChI is InChI=1S/C13H14FNO4/c1-8-6-9(2-3-10(8)14)11(16)15-13(12(17)18)4-5-19-7-13/h2-3,6H,4-5,7H2,1H3,(H,15,16)(H,17,18). The molecule has 1 aliphatic heterocycles. The smallest absolute Gasteiger partial charge is 0.331 e. The minimum atomic E-state index is -1.39. The summed E-state index contributed by atoms with van der Waals surface area (Å²) in [4.78, 5) is 23.3. The van der Waals surface area contributed by atoms with E-state index < -0.39 is 23.2 Å². The minimum absolute atomic E-state index is 0.0613. The molecule has 6 heteroatoms. The number of carboxylic acids is 1. The highest BCUT2D eigenvalue weighted by molar-refractivity contribution is 5.98. The number of rotatable bonds is 3. The van der Waals surface area contributed by atoms with Crippen LogP contribution in [0.1, 0.15) is 22.3 Å². The van der Waals surface area contributed by atoms with Crippen LogP contribution in [-0.4, -0.2) is 35.7 Å². The average molecular weight is 267 g/mol. The van der Waals surface area contributed by atoms with Gasteiger partial charge in [-0.1, -0.05) is 0 Å². The zero-order valence-electron chi connectivity index (χ0n) is 10.4. The Kier molecular flexibility index (Phi) is 3.53. The summed E-state index contributed by atoms with van der Waals surface area (Å²) in [5.41, 5.74) is -0.828. The van der Waals surface area contributed by atoms with Gasteiger partial charge in [-0.15, -0.1) is 0 Å². The first kappa shape index (κ1) is 13.5. The normalized spacial score (nSPS) is 22.2. The number of halogens is 1. The fourth-order valence-corrected chi connectivity index (χ4v) is 1.96. The van der Waals surface area contributed by atoms with Crippen molar-refractivity contribution in [1.29, 1.82) is 0 Å². The highest BCUT2D eigenvalue weighted by Gasteiger charge is 2.44. The minimum Gasteiger partial charge on any atom is -0.479 e. The number of ether oxygens (including phenoxy) is 1. The molecule has 2 rings (SSSR count). The van der Waals surface area contributed by atoms with Crippen molar-refractivity contribution < 1.29 is 23.8 Å². The summed E-state index contributed by atoms with van der Waals surface area (Å²) in [5, 5.41) is 11.7. The van der Waals surface area contributed by atoms with Gasteiger partial charge in [0.15, 0.2) is 5.54 Å². The Hall–Kier alpha value is -1.95. The molecular formula is C13H14FNO4. The molecule has 1 aromatic carbocycles. The molecular weight excluding hydrogens is 253 g/mol. The maximum absolute atomic E-state index is 13.1. The van der Waals surface area contributed by atoms with Gasteiger partial charge >= 0.3 is 5.97 Å². The Bertz CT molecular complexity index is 523. The first-order valence-corrected chi connectivity index (χ1v) is 5.84. The number of aliphatic carboxylic acids is 1. The molecule has 1 aliphatic rings. The number of aryl methyl sites for hydroxylation is 1. The third-order valence-electron chi connectivity index (χ3n) is 3.20. The number of carboxylic acid groups (broad SMARTS) is 1. The lowest BCUT2D eigenvalue weighted by molar-refractivity contribution is -0.144. The average Bonchev–Trinajstić information content (AvgIpc) is 2.82. The molecule has 0 aliphatic carbocycles. The quantitative estimate of drug-likeness (QED) is 0.860. The van der Waals surface area contributed by atoms with E-state index in [-0.39, 0.29) is 25.2 Å². The van der Waals surface area contributed by atoms with Gasteiger partial charge in [0.1, 0.15) is 5.82 Å². The van der Waals surface area contributed by atoms with Crippen molar-refractivity contribution >= 4 is 11.9 Å². The van der Waals surface area contributed by atoms with Crippen LogP contribution >= 0.6 is 0 Å². The van der Waals surface area contributed by atoms with Crippen LogP contribution in [0.3, 0.4) is 0 Å². The van der Waals surface area contributed by atoms with Crippen LogP contribution in [0, 0.1) is 12.7 Å². The van der Waals surface area contributed by atoms with Gasteiger partial charge in [-0.05, 0) is 30.7 Å². The van der Waals surface area contributed by atoms with E-state index in [1.807, 2.05) is 0 Å². The number of carbonyl (C=O) groups is 2. The Labute approximate surface area is 109 Å². The van der Waals surface area contributed by atoms with E-state index in [2.05, 4.69) is 5.32 Å². The summed E-state index contributed by atoms with van der Waals surface area (Å²) in [7, 11) is 0. The van der Waals surface area contributed by atoms with Gasteiger partial charge in [0, 0.05) is 18.6 Å². The molecule has 1 saturated heterocycles. The Morgan fingerprint density at radius 1 is 1.47 bits per heavy atom. The van der Waals surface area contributed by atoms with Crippen LogP contribution in [0.4, 0.5) is 4.39 Å². The lowest BCUT2D eigenvalue weighted by Crippen LogP contribution is -2.55. The molecule has 0 spiro atoms. The second-order valence-corrected chi connectivity index (χ2v) is 4.61. The van der Waals surface area contributed by atoms with Crippen molar-refractivity contribution in [2.45, 2.75) is 18.9 Å². The van der Waals surface area contributed by atoms with Crippen molar-refractivity contribution in [3.63, 3.8) is 0 Å². The maximum atomic E-state index is 13.1. The van der Waals surface area contributed by atoms with Crippen LogP contribution in [0.15, 0.2) is 18.2 Å². The van der Waals surface area contributed by atoms with E-state index in [0.717, 1.165) is 0 Å². The predicted octanol–water partition coefficient (Wildman–Crippen LogP) is 1.11. The fraction of sp³-hybridized carbons (Fsp3) is 0.385. The molecule has 1 atom stereocenters. The third-order valence-corrected chi connectivity index (χ3v) is 3.20. The Morgan fingerprint density at radius 2 is 2.21 bits per heavy atom. The predicted molar refractivity (Wildman–Crippen MR) is 64.4 cm³/mol. The van der Waals surface area contributed by atoms with E-state index in [9.17, 15) is 19.1 Å². The molecule has 0 bridgehead atoms. The van der Waals surface area contributed by atoms with E-state index in [1.165, 1.54) is 25.1 Å². The first-order valence-electron chi connectivity index (χ1n) is 5.84. The van der Waals surface area contributed by atoms with Gasteiger partial charge in [0.05, 0.1) is 6.61 Å². The summed E-state index contributed by atoms with van der Waals surface area (Å²) in [6, 6.07) is 3.89. The van der Waals surface area contributed by atoms with E-state index in [4.69, 9.17) is 4.74 Å². The van der Waals surface area contributed by atoms with Crippen molar-refractivity contribution in [2.75, 3.05) is 13.2 Å². The fourth-order valence-electron chi connectivity index (χ4n) is 1.96. The van der Waals surface area contributed by atoms with Crippen LogP contribution in [0.2, 0.25) is 0 Å². The monoisotopic (exact) mass is 267 g/mol. The first-order chi connectivity index (χ1) is 8.94. The van der Waals surface area contributed by atoms with Crippen molar-refractivity contribution in [1.82, 2.24) is 5.32 Å².